The molecule has 1 amide bonds. The fourth-order valence-corrected chi connectivity index (χ4v) is 2.73. The maximum Gasteiger partial charge on any atom is 0.272 e. The Labute approximate surface area is 156 Å². The van der Waals surface area contributed by atoms with Crippen LogP contribution in [0.4, 0.5) is 5.69 Å². The number of nitrogens with zero attached hydrogens (tertiary/aromatic N) is 3. The van der Waals surface area contributed by atoms with Gasteiger partial charge in [0.25, 0.3) is 11.6 Å². The predicted octanol–water partition coefficient (Wildman–Crippen LogP) is 3.65. The summed E-state index contributed by atoms with van der Waals surface area (Å²) in [6.07, 6.45) is 0. The average Bonchev–Trinajstić information content (AvgIpc) is 3.08. The lowest BCUT2D eigenvalue weighted by Gasteiger charge is -2.04. The summed E-state index contributed by atoms with van der Waals surface area (Å²) in [5, 5.41) is 17.4. The van der Waals surface area contributed by atoms with E-state index in [0.29, 0.717) is 17.0 Å². The molecule has 0 unspecified atom stereocenters. The summed E-state index contributed by atoms with van der Waals surface area (Å²) in [6, 6.07) is 11.6. The summed E-state index contributed by atoms with van der Waals surface area (Å²) in [5.41, 5.74) is 1.49. The monoisotopic (exact) mass is 416 g/mol. The van der Waals surface area contributed by atoms with E-state index in [1.54, 1.807) is 6.92 Å². The molecule has 0 aliphatic rings. The predicted molar refractivity (Wildman–Crippen MR) is 96.4 cm³/mol. The number of nitro benzene ring substituents is 1. The van der Waals surface area contributed by atoms with Gasteiger partial charge in [0, 0.05) is 27.2 Å². The van der Waals surface area contributed by atoms with Crippen LogP contribution in [-0.4, -0.2) is 21.0 Å². The molecule has 1 N–H and O–H groups in total. The van der Waals surface area contributed by atoms with Gasteiger partial charge in [0.1, 0.15) is 0 Å². The fourth-order valence-electron chi connectivity index (χ4n) is 2.33. The first-order chi connectivity index (χ1) is 12.4. The third kappa shape index (κ3) is 3.94. The highest BCUT2D eigenvalue weighted by molar-refractivity contribution is 9.10. The molecule has 3 rings (SSSR count). The number of halogens is 1. The van der Waals surface area contributed by atoms with Crippen molar-refractivity contribution >= 4 is 27.5 Å². The van der Waals surface area contributed by atoms with Crippen molar-refractivity contribution < 1.29 is 14.2 Å². The average molecular weight is 417 g/mol. The molecule has 0 bridgehead atoms. The van der Waals surface area contributed by atoms with E-state index in [4.69, 9.17) is 4.52 Å². The number of nitro groups is 1. The minimum Gasteiger partial charge on any atom is -0.343 e. The van der Waals surface area contributed by atoms with E-state index >= 15 is 0 Å². The van der Waals surface area contributed by atoms with Gasteiger partial charge in [0.2, 0.25) is 11.7 Å². The molecule has 0 aliphatic heterocycles. The van der Waals surface area contributed by atoms with Crippen molar-refractivity contribution in [3.8, 4) is 11.4 Å². The molecule has 9 heteroatoms. The Kier molecular flexibility index (Phi) is 5.08. The standard InChI is InChI=1S/C17H13BrN4O4/c1-10-7-12(5-6-14(10)22(24)25)17(23)19-9-15-20-16(21-26-15)11-3-2-4-13(18)8-11/h2-8H,9H2,1H3,(H,19,23). The van der Waals surface area contributed by atoms with Gasteiger partial charge in [-0.3, -0.25) is 14.9 Å². The number of rotatable bonds is 5. The van der Waals surface area contributed by atoms with E-state index in [0.717, 1.165) is 10.0 Å². The number of hydrogen-bond donors (Lipinski definition) is 1. The van der Waals surface area contributed by atoms with E-state index < -0.39 is 4.92 Å². The van der Waals surface area contributed by atoms with Gasteiger partial charge < -0.3 is 9.84 Å². The minimum absolute atomic E-state index is 0.0304. The lowest BCUT2D eigenvalue weighted by atomic mass is 10.1. The summed E-state index contributed by atoms with van der Waals surface area (Å²) >= 11 is 3.38. The Hall–Kier alpha value is -3.07. The number of hydrogen-bond acceptors (Lipinski definition) is 6. The molecular weight excluding hydrogens is 404 g/mol. The number of nitrogens with one attached hydrogen (secondary N) is 1. The second-order valence-corrected chi connectivity index (χ2v) is 6.38. The zero-order valence-electron chi connectivity index (χ0n) is 13.6. The van der Waals surface area contributed by atoms with Crippen LogP contribution < -0.4 is 5.32 Å². The molecule has 0 fully saturated rings. The van der Waals surface area contributed by atoms with Crippen LogP contribution in [0.5, 0.6) is 0 Å². The number of carbonyl (C=O) groups excluding carboxylic acids is 1. The third-order valence-corrected chi connectivity index (χ3v) is 4.10. The van der Waals surface area contributed by atoms with Crippen LogP contribution in [0.25, 0.3) is 11.4 Å². The smallest absolute Gasteiger partial charge is 0.272 e. The molecule has 1 aromatic heterocycles. The summed E-state index contributed by atoms with van der Waals surface area (Å²) in [7, 11) is 0. The molecule has 8 nitrogen and oxygen atoms in total. The van der Waals surface area contributed by atoms with Crippen LogP contribution in [-0.2, 0) is 6.54 Å². The van der Waals surface area contributed by atoms with Gasteiger partial charge in [0.05, 0.1) is 11.5 Å². The van der Waals surface area contributed by atoms with Gasteiger partial charge in [-0.25, -0.2) is 0 Å². The van der Waals surface area contributed by atoms with E-state index in [1.807, 2.05) is 24.3 Å². The van der Waals surface area contributed by atoms with Crippen molar-refractivity contribution in [3.63, 3.8) is 0 Å². The molecule has 132 valence electrons. The zero-order valence-corrected chi connectivity index (χ0v) is 15.2. The molecule has 0 atom stereocenters. The normalized spacial score (nSPS) is 10.5. The number of carbonyl (C=O) groups is 1. The summed E-state index contributed by atoms with van der Waals surface area (Å²) in [6.45, 7) is 1.63. The molecule has 0 saturated carbocycles. The highest BCUT2D eigenvalue weighted by atomic mass is 79.9. The Morgan fingerprint density at radius 1 is 1.31 bits per heavy atom. The van der Waals surface area contributed by atoms with Crippen molar-refractivity contribution in [2.45, 2.75) is 13.5 Å². The highest BCUT2D eigenvalue weighted by Gasteiger charge is 2.15. The number of amides is 1. The molecular formula is C17H13BrN4O4. The fraction of sp³-hybridized carbons (Fsp3) is 0.118. The Morgan fingerprint density at radius 2 is 2.12 bits per heavy atom. The highest BCUT2D eigenvalue weighted by Crippen LogP contribution is 2.21. The first-order valence-electron chi connectivity index (χ1n) is 7.56. The first kappa shape index (κ1) is 17.7. The third-order valence-electron chi connectivity index (χ3n) is 3.61. The van der Waals surface area contributed by atoms with E-state index in [9.17, 15) is 14.9 Å². The minimum atomic E-state index is -0.487. The molecule has 0 aliphatic carbocycles. The van der Waals surface area contributed by atoms with Gasteiger partial charge in [-0.2, -0.15) is 4.98 Å². The molecule has 26 heavy (non-hydrogen) atoms. The second kappa shape index (κ2) is 7.44. The van der Waals surface area contributed by atoms with Crippen LogP contribution in [0.1, 0.15) is 21.8 Å². The Morgan fingerprint density at radius 3 is 2.81 bits per heavy atom. The maximum atomic E-state index is 12.2. The molecule has 0 saturated heterocycles. The van der Waals surface area contributed by atoms with Gasteiger partial charge in [-0.05, 0) is 31.2 Å². The van der Waals surface area contributed by atoms with Crippen molar-refractivity contribution in [2.24, 2.45) is 0 Å². The van der Waals surface area contributed by atoms with Crippen molar-refractivity contribution in [3.05, 3.63) is 74.1 Å². The zero-order chi connectivity index (χ0) is 18.7. The van der Waals surface area contributed by atoms with E-state index in [1.165, 1.54) is 18.2 Å². The second-order valence-electron chi connectivity index (χ2n) is 5.46. The van der Waals surface area contributed by atoms with Crippen LogP contribution >= 0.6 is 15.9 Å². The first-order valence-corrected chi connectivity index (χ1v) is 8.35. The van der Waals surface area contributed by atoms with Gasteiger partial charge >= 0.3 is 0 Å². The number of aryl methyl sites for hydroxylation is 1. The number of benzene rings is 2. The van der Waals surface area contributed by atoms with Gasteiger partial charge in [-0.15, -0.1) is 0 Å². The summed E-state index contributed by atoms with van der Waals surface area (Å²) in [4.78, 5) is 26.8. The molecule has 0 spiro atoms. The largest absolute Gasteiger partial charge is 0.343 e. The van der Waals surface area contributed by atoms with E-state index in [-0.39, 0.29) is 24.0 Å². The Balaban J connectivity index is 1.67. The van der Waals surface area contributed by atoms with Gasteiger partial charge in [-0.1, -0.05) is 33.2 Å². The van der Waals surface area contributed by atoms with Crippen LogP contribution in [0, 0.1) is 17.0 Å². The lowest BCUT2D eigenvalue weighted by Crippen LogP contribution is -2.23. The molecule has 2 aromatic carbocycles. The maximum absolute atomic E-state index is 12.2. The summed E-state index contributed by atoms with van der Waals surface area (Å²) in [5.74, 6) is 0.291. The topological polar surface area (TPSA) is 111 Å². The van der Waals surface area contributed by atoms with Crippen LogP contribution in [0.3, 0.4) is 0 Å². The lowest BCUT2D eigenvalue weighted by molar-refractivity contribution is -0.385. The quantitative estimate of drug-likeness (QED) is 0.501. The van der Waals surface area contributed by atoms with Crippen molar-refractivity contribution in [1.29, 1.82) is 0 Å². The van der Waals surface area contributed by atoms with Gasteiger partial charge in [0.15, 0.2) is 0 Å². The SMILES string of the molecule is Cc1cc(C(=O)NCc2nc(-c3cccc(Br)c3)no2)ccc1[N+](=O)[O-]. The molecule has 0 radical (unpaired) electrons. The van der Waals surface area contributed by atoms with Crippen molar-refractivity contribution in [2.75, 3.05) is 0 Å². The van der Waals surface area contributed by atoms with Crippen LogP contribution in [0.2, 0.25) is 0 Å². The van der Waals surface area contributed by atoms with E-state index in [2.05, 4.69) is 31.4 Å². The molecule has 1 heterocycles. The summed E-state index contributed by atoms with van der Waals surface area (Å²) < 4.78 is 6.03. The van der Waals surface area contributed by atoms with Crippen molar-refractivity contribution in [1.82, 2.24) is 15.5 Å². The number of aromatic nitrogens is 2. The molecule has 3 aromatic rings. The van der Waals surface area contributed by atoms with Crippen LogP contribution in [0.15, 0.2) is 51.5 Å². The Bertz CT molecular complexity index is 986.